The molecule has 0 amide bonds. The molecule has 2 rings (SSSR count). The van der Waals surface area contributed by atoms with Gasteiger partial charge < -0.3 is 10.1 Å². The van der Waals surface area contributed by atoms with Gasteiger partial charge in [-0.15, -0.1) is 0 Å². The minimum absolute atomic E-state index is 0.480. The van der Waals surface area contributed by atoms with Gasteiger partial charge in [0.15, 0.2) is 0 Å². The number of H-pyrrole nitrogens is 1. The zero-order chi connectivity index (χ0) is 11.7. The molecule has 1 aromatic carbocycles. The zero-order valence-electron chi connectivity index (χ0n) is 8.83. The topological polar surface area (TPSA) is 53.1 Å². The third-order valence-electron chi connectivity index (χ3n) is 2.69. The number of hydrogen-bond acceptors (Lipinski definition) is 1. The van der Waals surface area contributed by atoms with Crippen LogP contribution in [0.4, 0.5) is 0 Å². The summed E-state index contributed by atoms with van der Waals surface area (Å²) in [7, 11) is 0. The Bertz CT molecular complexity index is 533. The van der Waals surface area contributed by atoms with Crippen LogP contribution >= 0.6 is 11.6 Å². The van der Waals surface area contributed by atoms with Crippen molar-refractivity contribution in [2.24, 2.45) is 0 Å². The van der Waals surface area contributed by atoms with E-state index in [1.165, 1.54) is 0 Å². The second kappa shape index (κ2) is 4.18. The molecule has 16 heavy (non-hydrogen) atoms. The Morgan fingerprint density at radius 3 is 2.88 bits per heavy atom. The quantitative estimate of drug-likeness (QED) is 0.860. The lowest BCUT2D eigenvalue weighted by molar-refractivity contribution is -0.138. The molecule has 2 aromatic rings. The van der Waals surface area contributed by atoms with Gasteiger partial charge >= 0.3 is 5.97 Å². The van der Waals surface area contributed by atoms with E-state index >= 15 is 0 Å². The van der Waals surface area contributed by atoms with E-state index < -0.39 is 11.9 Å². The highest BCUT2D eigenvalue weighted by Gasteiger charge is 2.19. The standard InChI is InChI=1S/C12H12ClNO2/c1-2-9(12(15)16)11-6-7-5-8(13)3-4-10(7)14-11/h3-6,9,14H,2H2,1H3,(H,15,16). The Hall–Kier alpha value is -1.48. The van der Waals surface area contributed by atoms with E-state index in [0.717, 1.165) is 16.6 Å². The van der Waals surface area contributed by atoms with Crippen LogP contribution in [0.3, 0.4) is 0 Å². The van der Waals surface area contributed by atoms with Crippen molar-refractivity contribution in [2.75, 3.05) is 0 Å². The predicted octanol–water partition coefficient (Wildman–Crippen LogP) is 3.40. The lowest BCUT2D eigenvalue weighted by Gasteiger charge is -2.06. The molecule has 0 radical (unpaired) electrons. The number of fused-ring (bicyclic) bond motifs is 1. The maximum Gasteiger partial charge on any atom is 0.312 e. The summed E-state index contributed by atoms with van der Waals surface area (Å²) in [5.74, 6) is -1.29. The normalized spacial score (nSPS) is 12.9. The largest absolute Gasteiger partial charge is 0.481 e. The summed E-state index contributed by atoms with van der Waals surface area (Å²) in [6.07, 6.45) is 0.565. The third kappa shape index (κ3) is 1.91. The molecule has 1 atom stereocenters. The molecule has 1 heterocycles. The Labute approximate surface area is 98.0 Å². The van der Waals surface area contributed by atoms with Gasteiger partial charge in [0, 0.05) is 21.6 Å². The highest BCUT2D eigenvalue weighted by atomic mass is 35.5. The number of hydrogen-bond donors (Lipinski definition) is 2. The van der Waals surface area contributed by atoms with Gasteiger partial charge in [0.1, 0.15) is 0 Å². The number of halogens is 1. The molecule has 0 fully saturated rings. The molecular formula is C12H12ClNO2. The van der Waals surface area contributed by atoms with Crippen LogP contribution in [-0.4, -0.2) is 16.1 Å². The lowest BCUT2D eigenvalue weighted by Crippen LogP contribution is -2.10. The van der Waals surface area contributed by atoms with Crippen LogP contribution in [-0.2, 0) is 4.79 Å². The van der Waals surface area contributed by atoms with Gasteiger partial charge in [0.25, 0.3) is 0 Å². The minimum Gasteiger partial charge on any atom is -0.481 e. The fourth-order valence-corrected chi connectivity index (χ4v) is 2.02. The SMILES string of the molecule is CCC(C(=O)O)c1cc2cc(Cl)ccc2[nH]1. The minimum atomic E-state index is -0.805. The molecule has 0 saturated heterocycles. The molecule has 2 N–H and O–H groups in total. The van der Waals surface area contributed by atoms with E-state index in [1.807, 2.05) is 25.1 Å². The molecule has 0 aliphatic heterocycles. The molecule has 0 aliphatic rings. The summed E-state index contributed by atoms with van der Waals surface area (Å²) < 4.78 is 0. The number of aliphatic carboxylic acids is 1. The summed E-state index contributed by atoms with van der Waals surface area (Å²) in [6.45, 7) is 1.86. The maximum atomic E-state index is 11.0. The van der Waals surface area contributed by atoms with Gasteiger partial charge in [-0.25, -0.2) is 0 Å². The van der Waals surface area contributed by atoms with Gasteiger partial charge in [0.2, 0.25) is 0 Å². The summed E-state index contributed by atoms with van der Waals surface area (Å²) in [6, 6.07) is 7.32. The van der Waals surface area contributed by atoms with E-state index in [-0.39, 0.29) is 0 Å². The van der Waals surface area contributed by atoms with Crippen LogP contribution < -0.4 is 0 Å². The highest BCUT2D eigenvalue weighted by molar-refractivity contribution is 6.31. The summed E-state index contributed by atoms with van der Waals surface area (Å²) in [4.78, 5) is 14.1. The van der Waals surface area contributed by atoms with Crippen LogP contribution in [0.2, 0.25) is 5.02 Å². The van der Waals surface area contributed by atoms with E-state index in [4.69, 9.17) is 16.7 Å². The second-order valence-corrected chi connectivity index (χ2v) is 4.19. The van der Waals surface area contributed by atoms with E-state index in [9.17, 15) is 4.79 Å². The number of aromatic amines is 1. The van der Waals surface area contributed by atoms with Crippen LogP contribution in [0.25, 0.3) is 10.9 Å². The Morgan fingerprint density at radius 2 is 2.25 bits per heavy atom. The molecule has 3 nitrogen and oxygen atoms in total. The Morgan fingerprint density at radius 1 is 1.50 bits per heavy atom. The van der Waals surface area contributed by atoms with E-state index in [0.29, 0.717) is 11.4 Å². The Kier molecular flexibility index (Phi) is 2.88. The Balaban J connectivity index is 2.49. The van der Waals surface area contributed by atoms with Crippen molar-refractivity contribution in [1.82, 2.24) is 4.98 Å². The number of rotatable bonds is 3. The molecule has 1 unspecified atom stereocenters. The summed E-state index contributed by atoms with van der Waals surface area (Å²) in [5, 5.41) is 10.7. The fraction of sp³-hybridized carbons (Fsp3) is 0.250. The second-order valence-electron chi connectivity index (χ2n) is 3.76. The van der Waals surface area contributed by atoms with Crippen LogP contribution in [0.15, 0.2) is 24.3 Å². The molecular weight excluding hydrogens is 226 g/mol. The first kappa shape index (κ1) is 11.0. The smallest absolute Gasteiger partial charge is 0.312 e. The fourth-order valence-electron chi connectivity index (χ4n) is 1.84. The predicted molar refractivity (Wildman–Crippen MR) is 64.0 cm³/mol. The van der Waals surface area contributed by atoms with Crippen molar-refractivity contribution in [1.29, 1.82) is 0 Å². The maximum absolute atomic E-state index is 11.0. The number of benzene rings is 1. The first-order chi connectivity index (χ1) is 7.61. The van der Waals surface area contributed by atoms with Crippen molar-refractivity contribution < 1.29 is 9.90 Å². The lowest BCUT2D eigenvalue weighted by atomic mass is 10.0. The van der Waals surface area contributed by atoms with Crippen LogP contribution in [0, 0.1) is 0 Å². The molecule has 4 heteroatoms. The molecule has 1 aromatic heterocycles. The van der Waals surface area contributed by atoms with Gasteiger partial charge in [-0.3, -0.25) is 4.79 Å². The molecule has 0 aliphatic carbocycles. The third-order valence-corrected chi connectivity index (χ3v) is 2.92. The van der Waals surface area contributed by atoms with Crippen molar-refractivity contribution in [2.45, 2.75) is 19.3 Å². The average Bonchev–Trinajstić information content (AvgIpc) is 2.60. The number of nitrogens with one attached hydrogen (secondary N) is 1. The number of carbonyl (C=O) groups is 1. The highest BCUT2D eigenvalue weighted by Crippen LogP contribution is 2.25. The van der Waals surface area contributed by atoms with Gasteiger partial charge in [-0.1, -0.05) is 18.5 Å². The van der Waals surface area contributed by atoms with Crippen molar-refractivity contribution in [3.8, 4) is 0 Å². The summed E-state index contributed by atoms with van der Waals surface area (Å²) in [5.41, 5.74) is 1.64. The van der Waals surface area contributed by atoms with Crippen molar-refractivity contribution in [3.05, 3.63) is 35.0 Å². The number of carboxylic acid groups (broad SMARTS) is 1. The van der Waals surface area contributed by atoms with Crippen LogP contribution in [0.5, 0.6) is 0 Å². The summed E-state index contributed by atoms with van der Waals surface area (Å²) >= 11 is 5.87. The van der Waals surface area contributed by atoms with Crippen molar-refractivity contribution in [3.63, 3.8) is 0 Å². The monoisotopic (exact) mass is 237 g/mol. The van der Waals surface area contributed by atoms with Gasteiger partial charge in [-0.2, -0.15) is 0 Å². The molecule has 0 spiro atoms. The number of aromatic nitrogens is 1. The first-order valence-corrected chi connectivity index (χ1v) is 5.50. The van der Waals surface area contributed by atoms with E-state index in [1.54, 1.807) is 6.07 Å². The van der Waals surface area contributed by atoms with Gasteiger partial charge in [0.05, 0.1) is 5.92 Å². The zero-order valence-corrected chi connectivity index (χ0v) is 9.58. The first-order valence-electron chi connectivity index (χ1n) is 5.12. The molecule has 0 bridgehead atoms. The van der Waals surface area contributed by atoms with Crippen molar-refractivity contribution >= 4 is 28.5 Å². The molecule has 0 saturated carbocycles. The van der Waals surface area contributed by atoms with E-state index in [2.05, 4.69) is 4.98 Å². The average molecular weight is 238 g/mol. The molecule has 84 valence electrons. The van der Waals surface area contributed by atoms with Gasteiger partial charge in [-0.05, 0) is 30.7 Å². The van der Waals surface area contributed by atoms with Crippen LogP contribution in [0.1, 0.15) is 25.0 Å². The number of carboxylic acids is 1.